The van der Waals surface area contributed by atoms with Gasteiger partial charge in [-0.2, -0.15) is 0 Å². The lowest BCUT2D eigenvalue weighted by Crippen LogP contribution is -2.28. The predicted molar refractivity (Wildman–Crippen MR) is 92.3 cm³/mol. The Kier molecular flexibility index (Phi) is 4.68. The number of para-hydroxylation sites is 1. The van der Waals surface area contributed by atoms with Gasteiger partial charge in [-0.05, 0) is 25.5 Å². The van der Waals surface area contributed by atoms with Gasteiger partial charge in [-0.15, -0.1) is 11.8 Å². The molecule has 0 spiro atoms. The summed E-state index contributed by atoms with van der Waals surface area (Å²) in [7, 11) is -2.89. The Morgan fingerprint density at radius 3 is 2.91 bits per heavy atom. The molecule has 2 heterocycles. The Bertz CT molecular complexity index is 779. The van der Waals surface area contributed by atoms with Gasteiger partial charge in [0, 0.05) is 10.6 Å². The van der Waals surface area contributed by atoms with E-state index in [1.54, 1.807) is 0 Å². The van der Waals surface area contributed by atoms with Crippen LogP contribution in [0.25, 0.3) is 11.0 Å². The molecule has 2 atom stereocenters. The van der Waals surface area contributed by atoms with E-state index in [1.165, 1.54) is 11.8 Å². The Labute approximate surface area is 139 Å². The van der Waals surface area contributed by atoms with Gasteiger partial charge in [0.05, 0.1) is 23.3 Å². The van der Waals surface area contributed by atoms with E-state index < -0.39 is 9.84 Å². The van der Waals surface area contributed by atoms with Gasteiger partial charge < -0.3 is 9.73 Å². The van der Waals surface area contributed by atoms with Gasteiger partial charge >= 0.3 is 0 Å². The largest absolute Gasteiger partial charge is 0.459 e. The lowest BCUT2D eigenvalue weighted by atomic mass is 10.2. The van der Waals surface area contributed by atoms with E-state index >= 15 is 0 Å². The van der Waals surface area contributed by atoms with Crippen LogP contribution in [0.1, 0.15) is 25.1 Å². The molecule has 2 aromatic rings. The molecule has 1 aromatic heterocycles. The van der Waals surface area contributed by atoms with Gasteiger partial charge in [0.15, 0.2) is 9.84 Å². The van der Waals surface area contributed by atoms with E-state index in [-0.39, 0.29) is 34.5 Å². The normalized spacial score (nSPS) is 21.3. The number of nitrogens with one attached hydrogen (secondary N) is 1. The highest BCUT2D eigenvalue weighted by Gasteiger charge is 2.28. The molecule has 1 N–H and O–H groups in total. The minimum absolute atomic E-state index is 0.0345. The highest BCUT2D eigenvalue weighted by Crippen LogP contribution is 2.25. The number of carbonyl (C=O) groups is 1. The van der Waals surface area contributed by atoms with E-state index in [4.69, 9.17) is 4.42 Å². The molecule has 7 heteroatoms. The van der Waals surface area contributed by atoms with Crippen molar-refractivity contribution in [1.29, 1.82) is 0 Å². The average molecular weight is 353 g/mol. The summed E-state index contributed by atoms with van der Waals surface area (Å²) in [5.41, 5.74) is 0.800. The standard InChI is InChI=1S/C16H19NO4S2/c1-11(15-8-12-4-2-3-5-14(12)21-15)17-16(18)9-22-13-6-7-23(19,20)10-13/h2-5,8,11,13H,6-7,9-10H2,1H3,(H,17,18)/t11-,13+/m1/s1. The maximum atomic E-state index is 12.0. The molecule has 1 aliphatic heterocycles. The summed E-state index contributed by atoms with van der Waals surface area (Å²) in [6.07, 6.45) is 0.638. The quantitative estimate of drug-likeness (QED) is 0.894. The van der Waals surface area contributed by atoms with Crippen LogP contribution in [0.2, 0.25) is 0 Å². The third kappa shape index (κ3) is 4.09. The SMILES string of the molecule is C[C@@H](NC(=O)CS[C@H]1CCS(=O)(=O)C1)c1cc2ccccc2o1. The van der Waals surface area contributed by atoms with E-state index in [0.29, 0.717) is 12.2 Å². The summed E-state index contributed by atoms with van der Waals surface area (Å²) in [5.74, 6) is 1.30. The van der Waals surface area contributed by atoms with E-state index in [9.17, 15) is 13.2 Å². The molecule has 1 fully saturated rings. The average Bonchev–Trinajstić information content (AvgIpc) is 3.08. The van der Waals surface area contributed by atoms with Crippen molar-refractivity contribution in [2.24, 2.45) is 0 Å². The molecule has 5 nitrogen and oxygen atoms in total. The zero-order valence-corrected chi connectivity index (χ0v) is 14.5. The summed E-state index contributed by atoms with van der Waals surface area (Å²) in [4.78, 5) is 12.0. The number of furan rings is 1. The first-order valence-corrected chi connectivity index (χ1v) is 10.4. The van der Waals surface area contributed by atoms with Crippen molar-refractivity contribution in [2.45, 2.75) is 24.6 Å². The van der Waals surface area contributed by atoms with Crippen LogP contribution in [-0.2, 0) is 14.6 Å². The Hall–Kier alpha value is -1.47. The number of sulfone groups is 1. The van der Waals surface area contributed by atoms with Crippen molar-refractivity contribution in [2.75, 3.05) is 17.3 Å². The summed E-state index contributed by atoms with van der Waals surface area (Å²) in [5, 5.41) is 3.94. The van der Waals surface area contributed by atoms with Crippen LogP contribution in [-0.4, -0.2) is 36.8 Å². The topological polar surface area (TPSA) is 76.4 Å². The second kappa shape index (κ2) is 6.57. The van der Waals surface area contributed by atoms with Crippen LogP contribution in [0, 0.1) is 0 Å². The fourth-order valence-corrected chi connectivity index (χ4v) is 6.11. The smallest absolute Gasteiger partial charge is 0.230 e. The highest BCUT2D eigenvalue weighted by molar-refractivity contribution is 8.02. The molecule has 0 aliphatic carbocycles. The predicted octanol–water partition coefficient (Wildman–Crippen LogP) is 2.53. The molecule has 124 valence electrons. The number of rotatable bonds is 5. The van der Waals surface area contributed by atoms with Crippen LogP contribution >= 0.6 is 11.8 Å². The molecule has 1 saturated heterocycles. The van der Waals surface area contributed by atoms with Crippen molar-refractivity contribution in [3.63, 3.8) is 0 Å². The van der Waals surface area contributed by atoms with Crippen LogP contribution in [0.3, 0.4) is 0 Å². The first-order chi connectivity index (χ1) is 10.9. The van der Waals surface area contributed by atoms with Crippen molar-refractivity contribution in [3.8, 4) is 0 Å². The maximum absolute atomic E-state index is 12.0. The van der Waals surface area contributed by atoms with Gasteiger partial charge in [0.2, 0.25) is 5.91 Å². The molecule has 0 saturated carbocycles. The Morgan fingerprint density at radius 1 is 1.43 bits per heavy atom. The highest BCUT2D eigenvalue weighted by atomic mass is 32.2. The molecule has 1 amide bonds. The molecule has 0 unspecified atom stereocenters. The number of hydrogen-bond acceptors (Lipinski definition) is 5. The molecule has 1 aliphatic rings. The monoisotopic (exact) mass is 353 g/mol. The van der Waals surface area contributed by atoms with Crippen molar-refractivity contribution in [3.05, 3.63) is 36.1 Å². The number of amides is 1. The van der Waals surface area contributed by atoms with Gasteiger partial charge in [0.1, 0.15) is 11.3 Å². The van der Waals surface area contributed by atoms with E-state index in [0.717, 1.165) is 11.0 Å². The minimum atomic E-state index is -2.89. The summed E-state index contributed by atoms with van der Waals surface area (Å²) in [6, 6.07) is 9.42. The van der Waals surface area contributed by atoms with Crippen LogP contribution in [0.4, 0.5) is 0 Å². The van der Waals surface area contributed by atoms with Crippen molar-refractivity contribution < 1.29 is 17.6 Å². The zero-order chi connectivity index (χ0) is 16.4. The second-order valence-electron chi connectivity index (χ2n) is 5.81. The third-order valence-electron chi connectivity index (χ3n) is 3.89. The number of fused-ring (bicyclic) bond motifs is 1. The zero-order valence-electron chi connectivity index (χ0n) is 12.8. The van der Waals surface area contributed by atoms with Crippen LogP contribution in [0.15, 0.2) is 34.7 Å². The number of benzene rings is 1. The van der Waals surface area contributed by atoms with Gasteiger partial charge in [-0.1, -0.05) is 18.2 Å². The lowest BCUT2D eigenvalue weighted by Gasteiger charge is -2.12. The number of thioether (sulfide) groups is 1. The van der Waals surface area contributed by atoms with Gasteiger partial charge in [-0.25, -0.2) is 8.42 Å². The van der Waals surface area contributed by atoms with Gasteiger partial charge in [0.25, 0.3) is 0 Å². The second-order valence-corrected chi connectivity index (χ2v) is 9.33. The van der Waals surface area contributed by atoms with Crippen molar-refractivity contribution in [1.82, 2.24) is 5.32 Å². The minimum Gasteiger partial charge on any atom is -0.459 e. The molecular formula is C16H19NO4S2. The van der Waals surface area contributed by atoms with Crippen LogP contribution < -0.4 is 5.32 Å². The summed E-state index contributed by atoms with van der Waals surface area (Å²) >= 11 is 1.41. The number of hydrogen-bond donors (Lipinski definition) is 1. The van der Waals surface area contributed by atoms with Gasteiger partial charge in [-0.3, -0.25) is 4.79 Å². The third-order valence-corrected chi connectivity index (χ3v) is 7.17. The maximum Gasteiger partial charge on any atom is 0.230 e. The lowest BCUT2D eigenvalue weighted by molar-refractivity contribution is -0.119. The van der Waals surface area contributed by atoms with Crippen LogP contribution in [0.5, 0.6) is 0 Å². The molecule has 1 aromatic carbocycles. The Morgan fingerprint density at radius 2 is 2.22 bits per heavy atom. The van der Waals surface area contributed by atoms with Crippen molar-refractivity contribution >= 4 is 38.5 Å². The molecule has 0 bridgehead atoms. The first kappa shape index (κ1) is 16.4. The van der Waals surface area contributed by atoms with E-state index in [2.05, 4.69) is 5.32 Å². The summed E-state index contributed by atoms with van der Waals surface area (Å²) in [6.45, 7) is 1.88. The fourth-order valence-electron chi connectivity index (χ4n) is 2.66. The van der Waals surface area contributed by atoms with E-state index in [1.807, 2.05) is 37.3 Å². The first-order valence-electron chi connectivity index (χ1n) is 7.53. The Balaban J connectivity index is 1.53. The fraction of sp³-hybridized carbons (Fsp3) is 0.438. The molecule has 23 heavy (non-hydrogen) atoms. The molecule has 3 rings (SSSR count). The number of carbonyl (C=O) groups excluding carboxylic acids is 1. The molecular weight excluding hydrogens is 334 g/mol. The summed E-state index contributed by atoms with van der Waals surface area (Å²) < 4.78 is 28.5. The molecule has 0 radical (unpaired) electrons.